The Morgan fingerprint density at radius 3 is 2.50 bits per heavy atom. The molecule has 0 aliphatic carbocycles. The number of hydrogen-bond donors (Lipinski definition) is 1. The Labute approximate surface area is 166 Å². The summed E-state index contributed by atoms with van der Waals surface area (Å²) in [6, 6.07) is 13.5. The third-order valence-corrected chi connectivity index (χ3v) is 6.04. The molecule has 1 saturated heterocycles. The van der Waals surface area contributed by atoms with E-state index in [0.29, 0.717) is 24.2 Å². The van der Waals surface area contributed by atoms with Gasteiger partial charge in [-0.2, -0.15) is 0 Å². The van der Waals surface area contributed by atoms with Gasteiger partial charge in [-0.15, -0.1) is 0 Å². The van der Waals surface area contributed by atoms with Gasteiger partial charge in [0.15, 0.2) is 0 Å². The minimum atomic E-state index is -0.238. The van der Waals surface area contributed by atoms with Gasteiger partial charge in [-0.1, -0.05) is 6.07 Å². The van der Waals surface area contributed by atoms with Gasteiger partial charge < -0.3 is 15.1 Å². The highest BCUT2D eigenvalue weighted by atomic mass is 127. The van der Waals surface area contributed by atoms with Gasteiger partial charge in [-0.05, 0) is 78.3 Å². The predicted molar refractivity (Wildman–Crippen MR) is 110 cm³/mol. The van der Waals surface area contributed by atoms with Gasteiger partial charge in [-0.3, -0.25) is 0 Å². The summed E-state index contributed by atoms with van der Waals surface area (Å²) in [5.41, 5.74) is 2.45. The van der Waals surface area contributed by atoms with Crippen molar-refractivity contribution in [2.24, 2.45) is 0 Å². The van der Waals surface area contributed by atoms with E-state index < -0.39 is 0 Å². The van der Waals surface area contributed by atoms with Crippen molar-refractivity contribution in [1.29, 1.82) is 0 Å². The molecule has 0 radical (unpaired) electrons. The molecule has 2 aliphatic rings. The molecule has 0 saturated carbocycles. The fourth-order valence-electron chi connectivity index (χ4n) is 3.89. The Morgan fingerprint density at radius 2 is 1.77 bits per heavy atom. The molecular weight excluding hydrogens is 444 g/mol. The van der Waals surface area contributed by atoms with Crippen molar-refractivity contribution in [2.75, 3.05) is 29.9 Å². The fourth-order valence-corrected chi connectivity index (χ4v) is 4.25. The lowest BCUT2D eigenvalue weighted by molar-refractivity contribution is 0.177. The van der Waals surface area contributed by atoms with Gasteiger partial charge in [0.2, 0.25) is 0 Å². The van der Waals surface area contributed by atoms with Gasteiger partial charge >= 0.3 is 6.03 Å². The van der Waals surface area contributed by atoms with E-state index in [1.54, 1.807) is 12.1 Å². The molecule has 0 unspecified atom stereocenters. The van der Waals surface area contributed by atoms with E-state index in [0.717, 1.165) is 25.9 Å². The zero-order valence-electron chi connectivity index (χ0n) is 14.4. The molecule has 2 amide bonds. The Kier molecular flexibility index (Phi) is 5.02. The largest absolute Gasteiger partial charge is 0.371 e. The zero-order valence-corrected chi connectivity index (χ0v) is 16.6. The van der Waals surface area contributed by atoms with E-state index in [4.69, 9.17) is 0 Å². The average Bonchev–Trinajstić information content (AvgIpc) is 2.82. The van der Waals surface area contributed by atoms with E-state index >= 15 is 0 Å². The van der Waals surface area contributed by atoms with Gasteiger partial charge in [0.25, 0.3) is 0 Å². The molecule has 26 heavy (non-hydrogen) atoms. The molecule has 4 rings (SSSR count). The van der Waals surface area contributed by atoms with Crippen LogP contribution in [0.15, 0.2) is 42.5 Å². The van der Waals surface area contributed by atoms with Crippen LogP contribution in [0.4, 0.5) is 20.6 Å². The highest BCUT2D eigenvalue weighted by Crippen LogP contribution is 2.28. The number of carbonyl (C=O) groups excluding carboxylic acids is 1. The minimum Gasteiger partial charge on any atom is -0.371 e. The molecule has 1 N–H and O–H groups in total. The number of carbonyl (C=O) groups is 1. The Morgan fingerprint density at radius 1 is 1.04 bits per heavy atom. The smallest absolute Gasteiger partial charge is 0.322 e. The van der Waals surface area contributed by atoms with E-state index in [2.05, 4.69) is 57.1 Å². The third kappa shape index (κ3) is 3.51. The first-order valence-corrected chi connectivity index (χ1v) is 10.1. The summed E-state index contributed by atoms with van der Waals surface area (Å²) in [4.78, 5) is 16.9. The maximum absolute atomic E-state index is 14.0. The van der Waals surface area contributed by atoms with Crippen molar-refractivity contribution in [3.63, 3.8) is 0 Å². The first-order chi connectivity index (χ1) is 12.6. The molecule has 2 aromatic rings. The molecular formula is C20H21FIN3O. The summed E-state index contributed by atoms with van der Waals surface area (Å²) >= 11 is 2.31. The van der Waals surface area contributed by atoms with E-state index in [1.807, 2.05) is 4.90 Å². The van der Waals surface area contributed by atoms with Crippen LogP contribution in [0.2, 0.25) is 0 Å². The van der Waals surface area contributed by atoms with Crippen LogP contribution in [-0.4, -0.2) is 36.6 Å². The first-order valence-electron chi connectivity index (χ1n) is 8.97. The highest BCUT2D eigenvalue weighted by Gasteiger charge is 2.30. The van der Waals surface area contributed by atoms with Crippen LogP contribution >= 0.6 is 22.6 Å². The van der Waals surface area contributed by atoms with Crippen LogP contribution in [0.25, 0.3) is 0 Å². The monoisotopic (exact) mass is 465 g/mol. The van der Waals surface area contributed by atoms with Gasteiger partial charge in [0.05, 0.1) is 0 Å². The molecule has 0 aromatic heterocycles. The first kappa shape index (κ1) is 17.6. The van der Waals surface area contributed by atoms with Crippen LogP contribution in [0.5, 0.6) is 0 Å². The maximum atomic E-state index is 14.0. The summed E-state index contributed by atoms with van der Waals surface area (Å²) in [7, 11) is 0. The predicted octanol–water partition coefficient (Wildman–Crippen LogP) is 4.49. The molecule has 2 aliphatic heterocycles. The number of fused-ring (bicyclic) bond motifs is 1. The number of nitrogens with one attached hydrogen (secondary N) is 1. The standard InChI is InChI=1S/C20H21FIN3O/c21-18-2-1-3-19-17(18)10-13-25(20(26)23-19)16-8-11-24(12-9-16)15-6-4-14(22)5-7-15/h1-7,16H,8-13H2,(H,23,26). The van der Waals surface area contributed by atoms with E-state index in [-0.39, 0.29) is 17.9 Å². The molecule has 136 valence electrons. The average molecular weight is 465 g/mol. The Bertz CT molecular complexity index is 803. The van der Waals surface area contributed by atoms with Gasteiger partial charge in [0, 0.05) is 46.2 Å². The second-order valence-corrected chi connectivity index (χ2v) is 8.08. The summed E-state index contributed by atoms with van der Waals surface area (Å²) in [6.45, 7) is 2.42. The van der Waals surface area contributed by atoms with Crippen molar-refractivity contribution >= 4 is 40.0 Å². The van der Waals surface area contributed by atoms with Crippen LogP contribution in [0, 0.1) is 9.39 Å². The van der Waals surface area contributed by atoms with Crippen LogP contribution in [0.1, 0.15) is 18.4 Å². The topological polar surface area (TPSA) is 35.6 Å². The number of rotatable bonds is 2. The highest BCUT2D eigenvalue weighted by molar-refractivity contribution is 14.1. The van der Waals surface area contributed by atoms with Crippen molar-refractivity contribution in [2.45, 2.75) is 25.3 Å². The molecule has 2 aromatic carbocycles. The summed E-state index contributed by atoms with van der Waals surface area (Å²) in [5, 5.41) is 2.89. The summed E-state index contributed by atoms with van der Waals surface area (Å²) in [6.07, 6.45) is 2.41. The second kappa shape index (κ2) is 7.42. The number of hydrogen-bond acceptors (Lipinski definition) is 2. The normalized spacial score (nSPS) is 18.3. The number of amides is 2. The number of piperidine rings is 1. The Hall–Kier alpha value is -1.83. The van der Waals surface area contributed by atoms with Crippen LogP contribution in [-0.2, 0) is 6.42 Å². The van der Waals surface area contributed by atoms with Crippen molar-refractivity contribution in [1.82, 2.24) is 4.90 Å². The zero-order chi connectivity index (χ0) is 18.1. The summed E-state index contributed by atoms with van der Waals surface area (Å²) < 4.78 is 15.3. The minimum absolute atomic E-state index is 0.109. The molecule has 0 bridgehead atoms. The maximum Gasteiger partial charge on any atom is 0.322 e. The van der Waals surface area contributed by atoms with E-state index in [1.165, 1.54) is 15.3 Å². The number of anilines is 2. The molecule has 4 nitrogen and oxygen atoms in total. The second-order valence-electron chi connectivity index (χ2n) is 6.83. The van der Waals surface area contributed by atoms with Crippen LogP contribution in [0.3, 0.4) is 0 Å². The van der Waals surface area contributed by atoms with Gasteiger partial charge in [0.1, 0.15) is 5.82 Å². The number of benzene rings is 2. The number of urea groups is 1. The fraction of sp³-hybridized carbons (Fsp3) is 0.350. The van der Waals surface area contributed by atoms with Crippen molar-refractivity contribution in [3.05, 3.63) is 57.4 Å². The lowest BCUT2D eigenvalue weighted by Gasteiger charge is -2.39. The Balaban J connectivity index is 1.42. The molecule has 1 fully saturated rings. The molecule has 2 heterocycles. The van der Waals surface area contributed by atoms with E-state index in [9.17, 15) is 9.18 Å². The SMILES string of the molecule is O=C1Nc2cccc(F)c2CCN1C1CCN(c2ccc(I)cc2)CC1. The molecule has 6 heteroatoms. The van der Waals surface area contributed by atoms with Crippen molar-refractivity contribution in [3.8, 4) is 0 Å². The number of halogens is 2. The lowest BCUT2D eigenvalue weighted by atomic mass is 10.0. The quantitative estimate of drug-likeness (QED) is 0.664. The molecule has 0 spiro atoms. The van der Waals surface area contributed by atoms with Gasteiger partial charge in [-0.25, -0.2) is 9.18 Å². The third-order valence-electron chi connectivity index (χ3n) is 5.32. The molecule has 0 atom stereocenters. The van der Waals surface area contributed by atoms with Crippen LogP contribution < -0.4 is 10.2 Å². The lowest BCUT2D eigenvalue weighted by Crippen LogP contribution is -2.48. The number of nitrogens with zero attached hydrogens (tertiary/aromatic N) is 2. The summed E-state index contributed by atoms with van der Waals surface area (Å²) in [5.74, 6) is -0.238. The van der Waals surface area contributed by atoms with Crippen molar-refractivity contribution < 1.29 is 9.18 Å².